The van der Waals surface area contributed by atoms with Crippen molar-refractivity contribution < 1.29 is 9.53 Å². The van der Waals surface area contributed by atoms with Gasteiger partial charge in [-0.25, -0.2) is 9.78 Å². The molecule has 1 atom stereocenters. The zero-order valence-electron chi connectivity index (χ0n) is 10.3. The maximum Gasteiger partial charge on any atom is 0.404 e. The van der Waals surface area contributed by atoms with Crippen LogP contribution >= 0.6 is 34.2 Å². The van der Waals surface area contributed by atoms with Gasteiger partial charge in [-0.1, -0.05) is 0 Å². The summed E-state index contributed by atoms with van der Waals surface area (Å²) in [4.78, 5) is 15.1. The van der Waals surface area contributed by atoms with Crippen molar-refractivity contribution in [2.75, 3.05) is 6.61 Å². The second kappa shape index (κ2) is 5.96. The van der Waals surface area contributed by atoms with E-state index in [1.165, 1.54) is 0 Å². The highest BCUT2D eigenvalue weighted by Gasteiger charge is 2.15. The van der Waals surface area contributed by atoms with Gasteiger partial charge in [0, 0.05) is 3.57 Å². The highest BCUT2D eigenvalue weighted by Crippen LogP contribution is 2.25. The van der Waals surface area contributed by atoms with Gasteiger partial charge in [0.2, 0.25) is 0 Å². The third-order valence-electron chi connectivity index (χ3n) is 2.65. The van der Waals surface area contributed by atoms with Gasteiger partial charge in [-0.05, 0) is 47.7 Å². The van der Waals surface area contributed by atoms with Gasteiger partial charge in [0.15, 0.2) is 0 Å². The van der Waals surface area contributed by atoms with E-state index in [4.69, 9.17) is 22.1 Å². The van der Waals surface area contributed by atoms with Crippen LogP contribution in [0.1, 0.15) is 18.1 Å². The molecule has 102 valence electrons. The van der Waals surface area contributed by atoms with E-state index in [2.05, 4.69) is 27.6 Å². The van der Waals surface area contributed by atoms with Crippen LogP contribution in [0.3, 0.4) is 0 Å². The van der Waals surface area contributed by atoms with E-state index in [1.54, 1.807) is 0 Å². The second-order valence-corrected chi connectivity index (χ2v) is 5.94. The van der Waals surface area contributed by atoms with Gasteiger partial charge >= 0.3 is 6.09 Å². The Hall–Kier alpha value is -1.02. The lowest BCUT2D eigenvalue weighted by Crippen LogP contribution is -2.17. The molecule has 0 saturated carbocycles. The third-order valence-corrected chi connectivity index (χ3v) is 3.52. The molecule has 2 aromatic rings. The number of hydrogen-bond acceptors (Lipinski definition) is 3. The van der Waals surface area contributed by atoms with Crippen LogP contribution in [0.25, 0.3) is 11.0 Å². The number of rotatable bonds is 4. The monoisotopic (exact) mass is 393 g/mol. The molecule has 0 radical (unpaired) electrons. The fourth-order valence-electron chi connectivity index (χ4n) is 1.90. The number of nitrogens with two attached hydrogens (primary N) is 1. The number of halogens is 2. The van der Waals surface area contributed by atoms with Gasteiger partial charge < -0.3 is 15.0 Å². The highest BCUT2D eigenvalue weighted by molar-refractivity contribution is 14.1. The van der Waals surface area contributed by atoms with Gasteiger partial charge in [-0.15, -0.1) is 11.6 Å². The van der Waals surface area contributed by atoms with Crippen LogP contribution in [0.15, 0.2) is 18.2 Å². The summed E-state index contributed by atoms with van der Waals surface area (Å²) in [5.74, 6) is 0.756. The number of benzene rings is 1. The number of nitrogens with zero attached hydrogens (tertiary/aromatic N) is 2. The molecule has 7 heteroatoms. The number of amides is 1. The van der Waals surface area contributed by atoms with Crippen molar-refractivity contribution in [3.8, 4) is 0 Å². The van der Waals surface area contributed by atoms with Crippen molar-refractivity contribution in [3.63, 3.8) is 0 Å². The van der Waals surface area contributed by atoms with E-state index in [0.717, 1.165) is 20.4 Å². The molecule has 2 N–H and O–H groups in total. The summed E-state index contributed by atoms with van der Waals surface area (Å²) < 4.78 is 7.83. The minimum atomic E-state index is -0.778. The first kappa shape index (κ1) is 14.4. The third kappa shape index (κ3) is 3.30. The molecular formula is C12H13ClIN3O2. The summed E-state index contributed by atoms with van der Waals surface area (Å²) >= 11 is 8.38. The Bertz CT molecular complexity index is 612. The normalized spacial score (nSPS) is 12.6. The molecular weight excluding hydrogens is 381 g/mol. The smallest absolute Gasteiger partial charge is 0.404 e. The molecule has 1 unspecified atom stereocenters. The average Bonchev–Trinajstić information content (AvgIpc) is 2.67. The number of alkyl halides is 1. The summed E-state index contributed by atoms with van der Waals surface area (Å²) in [6, 6.07) is 5.97. The molecule has 0 bridgehead atoms. The van der Waals surface area contributed by atoms with E-state index in [9.17, 15) is 4.79 Å². The van der Waals surface area contributed by atoms with Crippen molar-refractivity contribution in [1.29, 1.82) is 0 Å². The fraction of sp³-hybridized carbons (Fsp3) is 0.333. The second-order valence-electron chi connectivity index (χ2n) is 4.04. The lowest BCUT2D eigenvalue weighted by atomic mass is 10.3. The van der Waals surface area contributed by atoms with E-state index in [1.807, 2.05) is 29.7 Å². The molecule has 0 fully saturated rings. The zero-order chi connectivity index (χ0) is 14.0. The number of hydrogen-bond donors (Lipinski definition) is 1. The summed E-state index contributed by atoms with van der Waals surface area (Å²) in [5, 5.41) is -0.223. The van der Waals surface area contributed by atoms with E-state index >= 15 is 0 Å². The Balaban J connectivity index is 2.37. The molecule has 5 nitrogen and oxygen atoms in total. The van der Waals surface area contributed by atoms with Crippen LogP contribution in [0.4, 0.5) is 4.79 Å². The van der Waals surface area contributed by atoms with Crippen molar-refractivity contribution in [1.82, 2.24) is 9.55 Å². The number of fused-ring (bicyclic) bond motifs is 1. The number of imidazole rings is 1. The summed E-state index contributed by atoms with van der Waals surface area (Å²) in [5.41, 5.74) is 6.80. The highest BCUT2D eigenvalue weighted by atomic mass is 127. The van der Waals surface area contributed by atoms with Crippen LogP contribution in [0.2, 0.25) is 0 Å². The Morgan fingerprint density at radius 3 is 3.00 bits per heavy atom. The SMILES string of the molecule is CC(Cl)c1nc2cc(I)ccc2n1CCOC(N)=O. The Labute approximate surface area is 129 Å². The number of aromatic nitrogens is 2. The standard InChI is InChI=1S/C12H13ClIN3O2/c1-7(13)11-16-9-6-8(14)2-3-10(9)17(11)4-5-19-12(15)18/h2-3,6-7H,4-5H2,1H3,(H2,15,18). The molecule has 1 heterocycles. The van der Waals surface area contributed by atoms with E-state index in [-0.39, 0.29) is 12.0 Å². The van der Waals surface area contributed by atoms with Crippen LogP contribution < -0.4 is 5.73 Å². The molecule has 0 aliphatic carbocycles. The topological polar surface area (TPSA) is 70.1 Å². The Morgan fingerprint density at radius 2 is 2.37 bits per heavy atom. The van der Waals surface area contributed by atoms with E-state index < -0.39 is 6.09 Å². The quantitative estimate of drug-likeness (QED) is 0.641. The minimum absolute atomic E-state index is 0.198. The fourth-order valence-corrected chi connectivity index (χ4v) is 2.54. The van der Waals surface area contributed by atoms with Crippen LogP contribution in [-0.2, 0) is 11.3 Å². The number of carbonyl (C=O) groups is 1. The largest absolute Gasteiger partial charge is 0.448 e. The van der Waals surface area contributed by atoms with Gasteiger partial charge in [-0.2, -0.15) is 0 Å². The molecule has 0 aliphatic rings. The molecule has 2 rings (SSSR count). The Kier molecular flexibility index (Phi) is 4.51. The van der Waals surface area contributed by atoms with Crippen molar-refractivity contribution in [2.45, 2.75) is 18.8 Å². The molecule has 1 aromatic carbocycles. The molecule has 1 amide bonds. The lowest BCUT2D eigenvalue weighted by molar-refractivity contribution is 0.152. The summed E-state index contributed by atoms with van der Waals surface area (Å²) in [7, 11) is 0. The summed E-state index contributed by atoms with van der Waals surface area (Å²) in [6.07, 6.45) is -0.778. The van der Waals surface area contributed by atoms with Crippen molar-refractivity contribution in [2.24, 2.45) is 5.73 Å². The van der Waals surface area contributed by atoms with Crippen molar-refractivity contribution >= 4 is 51.3 Å². The van der Waals surface area contributed by atoms with Crippen molar-refractivity contribution in [3.05, 3.63) is 27.6 Å². The average molecular weight is 394 g/mol. The van der Waals surface area contributed by atoms with E-state index in [0.29, 0.717) is 6.54 Å². The number of ether oxygens (including phenoxy) is 1. The maximum atomic E-state index is 10.6. The van der Waals surface area contributed by atoms with Crippen LogP contribution in [0, 0.1) is 3.57 Å². The Morgan fingerprint density at radius 1 is 1.63 bits per heavy atom. The predicted molar refractivity (Wildman–Crippen MR) is 82.3 cm³/mol. The first-order valence-electron chi connectivity index (χ1n) is 5.71. The molecule has 0 aliphatic heterocycles. The number of carbonyl (C=O) groups excluding carboxylic acids is 1. The molecule has 0 spiro atoms. The van der Waals surface area contributed by atoms with Gasteiger partial charge in [0.25, 0.3) is 0 Å². The molecule has 19 heavy (non-hydrogen) atoms. The first-order valence-corrected chi connectivity index (χ1v) is 7.22. The van der Waals surface area contributed by atoms with Crippen LogP contribution in [-0.4, -0.2) is 22.3 Å². The summed E-state index contributed by atoms with van der Waals surface area (Å²) in [6.45, 7) is 2.54. The van der Waals surface area contributed by atoms with Gasteiger partial charge in [-0.3, -0.25) is 0 Å². The zero-order valence-corrected chi connectivity index (χ0v) is 13.2. The maximum absolute atomic E-state index is 10.6. The molecule has 1 aromatic heterocycles. The van der Waals surface area contributed by atoms with Gasteiger partial charge in [0.1, 0.15) is 12.4 Å². The molecule has 0 saturated heterocycles. The lowest BCUT2D eigenvalue weighted by Gasteiger charge is -2.10. The first-order chi connectivity index (χ1) is 8.99. The predicted octanol–water partition coefficient (Wildman–Crippen LogP) is 3.04. The van der Waals surface area contributed by atoms with Crippen LogP contribution in [0.5, 0.6) is 0 Å². The minimum Gasteiger partial charge on any atom is -0.448 e. The number of primary amides is 1. The van der Waals surface area contributed by atoms with Gasteiger partial charge in [0.05, 0.1) is 23.0 Å².